The van der Waals surface area contributed by atoms with E-state index in [2.05, 4.69) is 20.3 Å². The molecule has 3 aromatic rings. The van der Waals surface area contributed by atoms with E-state index in [0.717, 1.165) is 0 Å². The average Bonchev–Trinajstić information content (AvgIpc) is 3.14. The monoisotopic (exact) mass is 317 g/mol. The highest BCUT2D eigenvalue weighted by molar-refractivity contribution is 5.84. The van der Waals surface area contributed by atoms with Crippen molar-refractivity contribution >= 4 is 11.6 Å². The summed E-state index contributed by atoms with van der Waals surface area (Å²) in [7, 11) is 0. The van der Waals surface area contributed by atoms with E-state index in [9.17, 15) is 9.59 Å². The first kappa shape index (κ1) is 14.9. The minimum absolute atomic E-state index is 0.0855. The molecule has 23 heavy (non-hydrogen) atoms. The van der Waals surface area contributed by atoms with E-state index in [1.165, 1.54) is 10.7 Å². The predicted octanol–water partition coefficient (Wildman–Crippen LogP) is 1.12. The summed E-state index contributed by atoms with van der Waals surface area (Å²) in [4.78, 5) is 28.4. The number of nitrogens with one attached hydrogen (secondary N) is 1. The van der Waals surface area contributed by atoms with E-state index in [4.69, 9.17) is 9.15 Å². The van der Waals surface area contributed by atoms with E-state index in [1.807, 2.05) is 6.92 Å². The molecule has 0 fully saturated rings. The van der Waals surface area contributed by atoms with Crippen LogP contribution in [0.2, 0.25) is 0 Å². The lowest BCUT2D eigenvalue weighted by Gasteiger charge is -2.02. The van der Waals surface area contributed by atoms with Crippen LogP contribution in [0.4, 0.5) is 0 Å². The third-order valence-electron chi connectivity index (χ3n) is 3.42. The maximum Gasteiger partial charge on any atom is 0.396 e. The average molecular weight is 317 g/mol. The fourth-order valence-corrected chi connectivity index (χ4v) is 2.33. The molecule has 0 aliphatic heterocycles. The number of carbonyl (C=O) groups is 1. The van der Waals surface area contributed by atoms with Crippen LogP contribution in [0, 0.1) is 6.92 Å². The lowest BCUT2D eigenvalue weighted by atomic mass is 10.2. The summed E-state index contributed by atoms with van der Waals surface area (Å²) in [6.07, 6.45) is 2.12. The zero-order valence-corrected chi connectivity index (χ0v) is 12.9. The number of esters is 1. The molecular formula is C14H15N5O4. The minimum Gasteiger partial charge on any atom is -0.459 e. The van der Waals surface area contributed by atoms with Gasteiger partial charge in [-0.1, -0.05) is 6.92 Å². The van der Waals surface area contributed by atoms with Crippen LogP contribution in [-0.2, 0) is 11.2 Å². The highest BCUT2D eigenvalue weighted by Crippen LogP contribution is 2.22. The summed E-state index contributed by atoms with van der Waals surface area (Å²) < 4.78 is 11.4. The Bertz CT molecular complexity index is 936. The molecule has 0 saturated heterocycles. The second kappa shape index (κ2) is 5.67. The van der Waals surface area contributed by atoms with Gasteiger partial charge in [-0.05, 0) is 20.3 Å². The molecule has 0 amide bonds. The van der Waals surface area contributed by atoms with Crippen molar-refractivity contribution in [1.82, 2.24) is 24.8 Å². The van der Waals surface area contributed by atoms with Crippen LogP contribution in [0.5, 0.6) is 0 Å². The summed E-state index contributed by atoms with van der Waals surface area (Å²) in [5.74, 6) is -0.853. The van der Waals surface area contributed by atoms with Gasteiger partial charge in [-0.2, -0.15) is 0 Å². The molecule has 9 heteroatoms. The van der Waals surface area contributed by atoms with Crippen LogP contribution < -0.4 is 5.56 Å². The van der Waals surface area contributed by atoms with E-state index >= 15 is 0 Å². The number of nitrogens with zero attached hydrogens (tertiary/aromatic N) is 4. The minimum atomic E-state index is -0.694. The number of aromatic amines is 1. The summed E-state index contributed by atoms with van der Waals surface area (Å²) in [5, 5.41) is 10.3. The molecule has 0 saturated carbocycles. The SMILES string of the molecule is CCOC(=O)c1nnc(-c2c[nH]n3c(=O)c(CC)c(C)nc23)o1. The lowest BCUT2D eigenvalue weighted by molar-refractivity contribution is 0.0481. The van der Waals surface area contributed by atoms with Crippen molar-refractivity contribution in [1.29, 1.82) is 0 Å². The number of fused-ring (bicyclic) bond motifs is 1. The van der Waals surface area contributed by atoms with Gasteiger partial charge in [-0.15, -0.1) is 10.2 Å². The van der Waals surface area contributed by atoms with Gasteiger partial charge in [0.15, 0.2) is 5.65 Å². The molecule has 0 aliphatic carbocycles. The third-order valence-corrected chi connectivity index (χ3v) is 3.42. The molecule has 0 atom stereocenters. The predicted molar refractivity (Wildman–Crippen MR) is 79.2 cm³/mol. The highest BCUT2D eigenvalue weighted by atomic mass is 16.5. The summed E-state index contributed by atoms with van der Waals surface area (Å²) in [6.45, 7) is 5.55. The van der Waals surface area contributed by atoms with Crippen LogP contribution in [0.1, 0.15) is 35.8 Å². The Morgan fingerprint density at radius 2 is 2.17 bits per heavy atom. The standard InChI is InChI=1S/C14H15N5O4/c1-4-8-7(3)16-10-9(6-15-19(10)13(8)20)11-17-18-12(23-11)14(21)22-5-2/h6,15H,4-5H2,1-3H3. The number of rotatable bonds is 4. The van der Waals surface area contributed by atoms with Gasteiger partial charge >= 0.3 is 11.9 Å². The van der Waals surface area contributed by atoms with E-state index in [-0.39, 0.29) is 23.9 Å². The van der Waals surface area contributed by atoms with Crippen LogP contribution in [0.25, 0.3) is 17.1 Å². The first-order valence-electron chi connectivity index (χ1n) is 7.17. The van der Waals surface area contributed by atoms with Gasteiger partial charge < -0.3 is 9.15 Å². The number of aromatic nitrogens is 5. The Morgan fingerprint density at radius 3 is 2.87 bits per heavy atom. The zero-order valence-electron chi connectivity index (χ0n) is 12.9. The number of carbonyl (C=O) groups excluding carboxylic acids is 1. The van der Waals surface area contributed by atoms with Crippen molar-refractivity contribution in [2.75, 3.05) is 6.61 Å². The van der Waals surface area contributed by atoms with Crippen LogP contribution in [0.3, 0.4) is 0 Å². The van der Waals surface area contributed by atoms with Crippen molar-refractivity contribution < 1.29 is 13.9 Å². The largest absolute Gasteiger partial charge is 0.459 e. The van der Waals surface area contributed by atoms with Gasteiger partial charge in [0.25, 0.3) is 11.4 Å². The third kappa shape index (κ3) is 2.39. The van der Waals surface area contributed by atoms with Gasteiger partial charge in [0, 0.05) is 17.5 Å². The molecule has 0 bridgehead atoms. The molecule has 0 unspecified atom stereocenters. The fourth-order valence-electron chi connectivity index (χ4n) is 2.33. The molecule has 0 radical (unpaired) electrons. The van der Waals surface area contributed by atoms with Crippen molar-refractivity contribution in [3.8, 4) is 11.5 Å². The Balaban J connectivity index is 2.11. The topological polar surface area (TPSA) is 115 Å². The Labute approximate surface area is 130 Å². The van der Waals surface area contributed by atoms with Crippen LogP contribution in [-0.4, -0.2) is 37.4 Å². The van der Waals surface area contributed by atoms with Crippen molar-refractivity contribution in [2.45, 2.75) is 27.2 Å². The van der Waals surface area contributed by atoms with E-state index in [0.29, 0.717) is 28.9 Å². The number of hydrogen-bond acceptors (Lipinski definition) is 7. The second-order valence-electron chi connectivity index (χ2n) is 4.81. The van der Waals surface area contributed by atoms with Crippen molar-refractivity contribution in [2.24, 2.45) is 0 Å². The van der Waals surface area contributed by atoms with Gasteiger partial charge in [0.2, 0.25) is 0 Å². The maximum atomic E-state index is 12.4. The molecule has 120 valence electrons. The van der Waals surface area contributed by atoms with Crippen LogP contribution in [0.15, 0.2) is 15.4 Å². The smallest absolute Gasteiger partial charge is 0.396 e. The number of ether oxygens (including phenoxy) is 1. The summed E-state index contributed by atoms with van der Waals surface area (Å²) >= 11 is 0. The quantitative estimate of drug-likeness (QED) is 0.717. The molecule has 0 spiro atoms. The Morgan fingerprint density at radius 1 is 1.39 bits per heavy atom. The van der Waals surface area contributed by atoms with Crippen molar-refractivity contribution in [3.63, 3.8) is 0 Å². The number of aryl methyl sites for hydroxylation is 1. The van der Waals surface area contributed by atoms with Crippen molar-refractivity contribution in [3.05, 3.63) is 33.7 Å². The molecule has 0 aliphatic rings. The molecule has 3 rings (SSSR count). The van der Waals surface area contributed by atoms with E-state index < -0.39 is 5.97 Å². The Kier molecular flexibility index (Phi) is 3.68. The molecule has 0 aromatic carbocycles. The van der Waals surface area contributed by atoms with Gasteiger partial charge in [-0.3, -0.25) is 9.89 Å². The molecule has 3 heterocycles. The Hall–Kier alpha value is -2.97. The first-order valence-corrected chi connectivity index (χ1v) is 7.17. The zero-order chi connectivity index (χ0) is 16.6. The summed E-state index contributed by atoms with van der Waals surface area (Å²) in [5.41, 5.74) is 1.91. The number of H-pyrrole nitrogens is 1. The van der Waals surface area contributed by atoms with Gasteiger partial charge in [-0.25, -0.2) is 14.3 Å². The summed E-state index contributed by atoms with van der Waals surface area (Å²) in [6, 6.07) is 0. The fraction of sp³-hybridized carbons (Fsp3) is 0.357. The molecule has 3 aromatic heterocycles. The lowest BCUT2D eigenvalue weighted by Crippen LogP contribution is -2.21. The van der Waals surface area contributed by atoms with E-state index in [1.54, 1.807) is 13.8 Å². The van der Waals surface area contributed by atoms with Crippen LogP contribution >= 0.6 is 0 Å². The van der Waals surface area contributed by atoms with Gasteiger partial charge in [0.05, 0.1) is 6.61 Å². The molecule has 9 nitrogen and oxygen atoms in total. The molecular weight excluding hydrogens is 302 g/mol. The normalized spacial score (nSPS) is 11.1. The number of hydrogen-bond donors (Lipinski definition) is 1. The molecule has 1 N–H and O–H groups in total. The maximum absolute atomic E-state index is 12.4. The van der Waals surface area contributed by atoms with Gasteiger partial charge in [0.1, 0.15) is 5.56 Å². The highest BCUT2D eigenvalue weighted by Gasteiger charge is 2.21. The first-order chi connectivity index (χ1) is 11.1. The second-order valence-corrected chi connectivity index (χ2v) is 4.81.